The molecule has 1 aliphatic heterocycles. The minimum absolute atomic E-state index is 0.0718. The molecule has 1 aliphatic rings. The van der Waals surface area contributed by atoms with Crippen molar-refractivity contribution in [1.29, 1.82) is 0 Å². The van der Waals surface area contributed by atoms with E-state index in [1.54, 1.807) is 0 Å². The second-order valence-corrected chi connectivity index (χ2v) is 3.98. The van der Waals surface area contributed by atoms with Gasteiger partial charge in [0.15, 0.2) is 0 Å². The van der Waals surface area contributed by atoms with E-state index in [1.165, 1.54) is 0 Å². The monoisotopic (exact) mass is 256 g/mol. The molecule has 0 aromatic carbocycles. The van der Waals surface area contributed by atoms with Gasteiger partial charge in [0.25, 0.3) is 0 Å². The molecule has 9 heteroatoms. The average molecular weight is 256 g/mol. The Morgan fingerprint density at radius 3 is 2.72 bits per heavy atom. The van der Waals surface area contributed by atoms with Gasteiger partial charge in [0.1, 0.15) is 6.04 Å². The first kappa shape index (κ1) is 13.8. The van der Waals surface area contributed by atoms with Crippen LogP contribution in [-0.4, -0.2) is 52.1 Å². The van der Waals surface area contributed by atoms with Crippen LogP contribution in [0.15, 0.2) is 5.11 Å². The lowest BCUT2D eigenvalue weighted by molar-refractivity contribution is -0.153. The van der Waals surface area contributed by atoms with Crippen LogP contribution in [-0.2, 0) is 14.4 Å². The van der Waals surface area contributed by atoms with Crippen molar-refractivity contribution < 1.29 is 24.6 Å². The highest BCUT2D eigenvalue weighted by atomic mass is 16.4. The number of aliphatic carboxylic acids is 2. The van der Waals surface area contributed by atoms with E-state index in [4.69, 9.17) is 15.7 Å². The number of azide groups is 1. The van der Waals surface area contributed by atoms with E-state index in [0.29, 0.717) is 0 Å². The van der Waals surface area contributed by atoms with Crippen LogP contribution >= 0.6 is 0 Å². The lowest BCUT2D eigenvalue weighted by Crippen LogP contribution is -2.43. The van der Waals surface area contributed by atoms with Gasteiger partial charge in [-0.2, -0.15) is 0 Å². The van der Waals surface area contributed by atoms with Gasteiger partial charge in [-0.3, -0.25) is 9.59 Å². The number of amides is 1. The minimum atomic E-state index is -1.37. The van der Waals surface area contributed by atoms with Crippen molar-refractivity contribution in [2.24, 2.45) is 11.0 Å². The molecule has 2 N–H and O–H groups in total. The van der Waals surface area contributed by atoms with Gasteiger partial charge < -0.3 is 15.1 Å². The van der Waals surface area contributed by atoms with E-state index in [9.17, 15) is 14.4 Å². The van der Waals surface area contributed by atoms with Crippen LogP contribution in [0.5, 0.6) is 0 Å². The van der Waals surface area contributed by atoms with Crippen molar-refractivity contribution in [3.63, 3.8) is 0 Å². The quantitative estimate of drug-likeness (QED) is 0.392. The van der Waals surface area contributed by atoms with Crippen LogP contribution < -0.4 is 0 Å². The lowest BCUT2D eigenvalue weighted by Gasteiger charge is -2.23. The number of nitrogens with zero attached hydrogens (tertiary/aromatic N) is 4. The summed E-state index contributed by atoms with van der Waals surface area (Å²) in [6, 6.07) is -1.37. The van der Waals surface area contributed by atoms with Gasteiger partial charge >= 0.3 is 11.9 Å². The van der Waals surface area contributed by atoms with Crippen molar-refractivity contribution in [2.45, 2.75) is 18.9 Å². The Balaban J connectivity index is 2.74. The third kappa shape index (κ3) is 3.36. The van der Waals surface area contributed by atoms with Crippen LogP contribution in [0, 0.1) is 5.92 Å². The molecule has 0 bridgehead atoms. The molecule has 9 nitrogen and oxygen atoms in total. The summed E-state index contributed by atoms with van der Waals surface area (Å²) in [7, 11) is 0. The van der Waals surface area contributed by atoms with E-state index >= 15 is 0 Å². The summed E-state index contributed by atoms with van der Waals surface area (Å²) >= 11 is 0. The molecule has 0 aromatic rings. The van der Waals surface area contributed by atoms with Crippen molar-refractivity contribution in [2.75, 3.05) is 13.1 Å². The van der Waals surface area contributed by atoms with Gasteiger partial charge in [0.2, 0.25) is 5.91 Å². The highest BCUT2D eigenvalue weighted by Crippen LogP contribution is 2.22. The first-order chi connectivity index (χ1) is 8.45. The molecular formula is C9H12N4O5. The van der Waals surface area contributed by atoms with Gasteiger partial charge in [-0.05, 0) is 11.4 Å². The fourth-order valence-corrected chi connectivity index (χ4v) is 1.88. The van der Waals surface area contributed by atoms with E-state index in [1.807, 2.05) is 0 Å². The topological polar surface area (TPSA) is 144 Å². The maximum absolute atomic E-state index is 11.6. The fourth-order valence-electron chi connectivity index (χ4n) is 1.88. The predicted molar refractivity (Wildman–Crippen MR) is 57.5 cm³/mol. The number of hydrogen-bond donors (Lipinski definition) is 2. The Morgan fingerprint density at radius 2 is 2.22 bits per heavy atom. The minimum Gasteiger partial charge on any atom is -0.481 e. The first-order valence-electron chi connectivity index (χ1n) is 5.20. The molecule has 1 rings (SSSR count). The molecule has 18 heavy (non-hydrogen) atoms. The number of carboxylic acid groups (broad SMARTS) is 2. The molecule has 1 amide bonds. The average Bonchev–Trinajstić information content (AvgIpc) is 2.64. The molecule has 2 atom stereocenters. The summed E-state index contributed by atoms with van der Waals surface area (Å²) in [5.41, 5.74) is 8.16. The zero-order valence-corrected chi connectivity index (χ0v) is 9.39. The van der Waals surface area contributed by atoms with Crippen LogP contribution in [0.25, 0.3) is 10.4 Å². The van der Waals surface area contributed by atoms with Gasteiger partial charge in [0, 0.05) is 24.4 Å². The largest absolute Gasteiger partial charge is 0.481 e. The van der Waals surface area contributed by atoms with Crippen molar-refractivity contribution >= 4 is 17.8 Å². The number of carboxylic acids is 2. The Kier molecular flexibility index (Phi) is 4.50. The summed E-state index contributed by atoms with van der Waals surface area (Å²) in [6.45, 7) is 0.195. The smallest absolute Gasteiger partial charge is 0.327 e. The zero-order valence-electron chi connectivity index (χ0n) is 9.39. The highest BCUT2D eigenvalue weighted by molar-refractivity contribution is 5.88. The number of rotatable bonds is 6. The fraction of sp³-hybridized carbons (Fsp3) is 0.667. The van der Waals surface area contributed by atoms with E-state index in [0.717, 1.165) is 4.90 Å². The molecule has 0 aliphatic carbocycles. The molecule has 1 heterocycles. The molecule has 1 saturated heterocycles. The molecular weight excluding hydrogens is 244 g/mol. The van der Waals surface area contributed by atoms with Crippen LogP contribution in [0.3, 0.4) is 0 Å². The first-order valence-corrected chi connectivity index (χ1v) is 5.20. The maximum Gasteiger partial charge on any atom is 0.327 e. The number of hydrogen-bond acceptors (Lipinski definition) is 4. The summed E-state index contributed by atoms with van der Waals surface area (Å²) in [5.74, 6) is -3.32. The second-order valence-electron chi connectivity index (χ2n) is 3.98. The third-order valence-electron chi connectivity index (χ3n) is 2.67. The Bertz CT molecular complexity index is 417. The lowest BCUT2D eigenvalue weighted by atomic mass is 10.1. The summed E-state index contributed by atoms with van der Waals surface area (Å²) in [5, 5.41) is 20.9. The van der Waals surface area contributed by atoms with Gasteiger partial charge in [-0.15, -0.1) is 0 Å². The van der Waals surface area contributed by atoms with E-state index in [-0.39, 0.29) is 25.4 Å². The number of carbonyl (C=O) groups excluding carboxylic acids is 1. The second kappa shape index (κ2) is 5.87. The number of likely N-dealkylation sites (tertiary alicyclic amines) is 1. The van der Waals surface area contributed by atoms with Crippen LogP contribution in [0.2, 0.25) is 0 Å². The van der Waals surface area contributed by atoms with Gasteiger partial charge in [-0.1, -0.05) is 5.11 Å². The molecule has 0 spiro atoms. The Labute approximate surface area is 102 Å². The third-order valence-corrected chi connectivity index (χ3v) is 2.67. The van der Waals surface area contributed by atoms with Crippen LogP contribution in [0.1, 0.15) is 12.8 Å². The molecule has 0 radical (unpaired) electrons. The predicted octanol–water partition coefficient (Wildman–Crippen LogP) is 0.0731. The van der Waals surface area contributed by atoms with Crippen molar-refractivity contribution in [1.82, 2.24) is 4.90 Å². The van der Waals surface area contributed by atoms with Gasteiger partial charge in [-0.25, -0.2) is 4.79 Å². The van der Waals surface area contributed by atoms with Crippen molar-refractivity contribution in [3.05, 3.63) is 10.4 Å². The molecule has 0 saturated carbocycles. The standard InChI is InChI=1S/C9H12N4O5/c10-12-11-3-5-1-7(14)13(4-5)6(9(17)18)2-8(15)16/h5-6H,1-4H2,(H,15,16)(H,17,18)/t5?,6-/m0/s1. The molecule has 1 fully saturated rings. The summed E-state index contributed by atoms with van der Waals surface area (Å²) < 4.78 is 0. The highest BCUT2D eigenvalue weighted by Gasteiger charge is 2.38. The maximum atomic E-state index is 11.6. The van der Waals surface area contributed by atoms with E-state index in [2.05, 4.69) is 10.0 Å². The van der Waals surface area contributed by atoms with Gasteiger partial charge in [0.05, 0.1) is 6.42 Å². The van der Waals surface area contributed by atoms with E-state index < -0.39 is 30.3 Å². The Morgan fingerprint density at radius 1 is 1.56 bits per heavy atom. The van der Waals surface area contributed by atoms with Crippen molar-refractivity contribution in [3.8, 4) is 0 Å². The van der Waals surface area contributed by atoms with Crippen LogP contribution in [0.4, 0.5) is 0 Å². The number of carbonyl (C=O) groups is 3. The zero-order chi connectivity index (χ0) is 13.7. The summed E-state index contributed by atoms with van der Waals surface area (Å²) in [6.07, 6.45) is -0.572. The SMILES string of the molecule is [N-]=[N+]=NCC1CC(=O)N([C@@H](CC(=O)O)C(=O)O)C1. The Hall–Kier alpha value is -2.28. The molecule has 98 valence electrons. The molecule has 1 unspecified atom stereocenters. The normalized spacial score (nSPS) is 20.3. The molecule has 0 aromatic heterocycles. The summed E-state index contributed by atoms with van der Waals surface area (Å²) in [4.78, 5) is 36.7.